The van der Waals surface area contributed by atoms with Gasteiger partial charge in [-0.15, -0.1) is 0 Å². The van der Waals surface area contributed by atoms with Crippen molar-refractivity contribution in [3.05, 3.63) is 160 Å². The number of hydrogen-bond donors (Lipinski definition) is 6. The van der Waals surface area contributed by atoms with Crippen molar-refractivity contribution < 1.29 is 0 Å². The molecule has 0 aliphatic carbocycles. The van der Waals surface area contributed by atoms with Crippen molar-refractivity contribution in [2.24, 2.45) is 0 Å². The molecule has 0 unspecified atom stereocenters. The molecule has 6 N–H and O–H groups in total. The first-order chi connectivity index (χ1) is 29.9. The number of aromatic nitrogens is 2. The lowest BCUT2D eigenvalue weighted by Crippen LogP contribution is -2.26. The standard InChI is InChI=1S/C52H69BrN8/c1-7-40-46-28-54-22-34-16-13-17-35(52(34)53)23-55-29-47-42(9-3)50-32-58-26-38-19-14-18-36(60-38)24-56-30-48(40)44(11-5)49(41(46)8-2)31-57-25-37-20-15-21-39(61-37)27-59-33-51(43(47)10-4)45(50)12-6/h13-21,54-59H,7-12,22-33H2,1-6H3. The van der Waals surface area contributed by atoms with Crippen molar-refractivity contribution >= 4 is 15.9 Å². The lowest BCUT2D eigenvalue weighted by atomic mass is 9.83. The Labute approximate surface area is 374 Å². The van der Waals surface area contributed by atoms with E-state index < -0.39 is 0 Å². The van der Waals surface area contributed by atoms with Crippen LogP contribution in [0.2, 0.25) is 0 Å². The van der Waals surface area contributed by atoms with Gasteiger partial charge < -0.3 is 31.9 Å². The Morgan fingerprint density at radius 1 is 0.344 bits per heavy atom. The molecule has 0 radical (unpaired) electrons. The molecule has 2 aromatic heterocycles. The minimum absolute atomic E-state index is 0.717. The van der Waals surface area contributed by atoms with Crippen LogP contribution >= 0.6 is 15.9 Å². The second-order valence-corrected chi connectivity index (χ2v) is 17.4. The van der Waals surface area contributed by atoms with E-state index in [1.54, 1.807) is 0 Å². The van der Waals surface area contributed by atoms with Gasteiger partial charge in [0.1, 0.15) is 0 Å². The Balaban J connectivity index is 1.39. The molecule has 3 aromatic carbocycles. The van der Waals surface area contributed by atoms with Gasteiger partial charge in [-0.1, -0.05) is 87.8 Å². The van der Waals surface area contributed by atoms with E-state index in [0.29, 0.717) is 26.2 Å². The van der Waals surface area contributed by atoms with Gasteiger partial charge in [0.25, 0.3) is 0 Å². The highest BCUT2D eigenvalue weighted by Gasteiger charge is 2.24. The molecule has 0 saturated heterocycles. The molecule has 8 rings (SSSR count). The zero-order valence-electron chi connectivity index (χ0n) is 37.7. The van der Waals surface area contributed by atoms with Crippen molar-refractivity contribution in [2.45, 2.75) is 159 Å². The molecule has 5 aromatic rings. The van der Waals surface area contributed by atoms with E-state index in [0.717, 1.165) is 114 Å². The summed E-state index contributed by atoms with van der Waals surface area (Å²) >= 11 is 4.08. The molecular weight excluding hydrogens is 817 g/mol. The number of halogens is 1. The maximum atomic E-state index is 5.18. The summed E-state index contributed by atoms with van der Waals surface area (Å²) in [6.07, 6.45) is 5.91. The number of rotatable bonds is 6. The third-order valence-electron chi connectivity index (χ3n) is 13.0. The van der Waals surface area contributed by atoms with Crippen LogP contribution in [0.3, 0.4) is 0 Å². The van der Waals surface area contributed by atoms with E-state index in [2.05, 4.69) is 144 Å². The van der Waals surface area contributed by atoms with Crippen LogP contribution in [-0.4, -0.2) is 9.97 Å². The van der Waals surface area contributed by atoms with Crippen LogP contribution in [0.4, 0.5) is 0 Å². The van der Waals surface area contributed by atoms with Gasteiger partial charge in [0.15, 0.2) is 0 Å². The highest BCUT2D eigenvalue weighted by atomic mass is 79.9. The Morgan fingerprint density at radius 3 is 0.820 bits per heavy atom. The van der Waals surface area contributed by atoms with Crippen LogP contribution in [0.5, 0.6) is 0 Å². The zero-order chi connectivity index (χ0) is 42.7. The smallest absolute Gasteiger partial charge is 0.0545 e. The molecule has 0 saturated carbocycles. The Morgan fingerprint density at radius 2 is 0.574 bits per heavy atom. The highest BCUT2D eigenvalue weighted by molar-refractivity contribution is 9.10. The van der Waals surface area contributed by atoms with Crippen LogP contribution in [0.15, 0.2) is 59.1 Å². The number of nitrogens with one attached hydrogen (secondary N) is 6. The van der Waals surface area contributed by atoms with Crippen LogP contribution < -0.4 is 31.9 Å². The fourth-order valence-electron chi connectivity index (χ4n) is 10.3. The zero-order valence-corrected chi connectivity index (χ0v) is 39.3. The summed E-state index contributed by atoms with van der Waals surface area (Å²) in [6, 6.07) is 19.8. The Hall–Kier alpha value is -3.80. The minimum Gasteiger partial charge on any atom is -0.309 e. The van der Waals surface area contributed by atoms with Gasteiger partial charge in [-0.25, -0.2) is 0 Å². The largest absolute Gasteiger partial charge is 0.309 e. The highest BCUT2D eigenvalue weighted by Crippen LogP contribution is 2.33. The first kappa shape index (κ1) is 45.2. The SMILES string of the molecule is CCc1c2c(CC)c3c(CC)c1CNCc1cccc(n1)CNCc1c(CC)c(c(CC)c(c1CC)CNCc1cccc(c1Br)CNC3)CNCc1cccc(n1)CNC2. The van der Waals surface area contributed by atoms with Crippen LogP contribution in [0.25, 0.3) is 0 Å². The molecule has 3 aliphatic heterocycles. The maximum Gasteiger partial charge on any atom is 0.0545 e. The summed E-state index contributed by atoms with van der Waals surface area (Å²) in [5.74, 6) is 0. The molecule has 9 heteroatoms. The topological polar surface area (TPSA) is 98.0 Å². The average Bonchev–Trinajstić information content (AvgIpc) is 3.27. The van der Waals surface area contributed by atoms with Crippen LogP contribution in [0.1, 0.15) is 142 Å². The van der Waals surface area contributed by atoms with Crippen molar-refractivity contribution in [3.63, 3.8) is 0 Å². The van der Waals surface area contributed by atoms with Gasteiger partial charge in [-0.3, -0.25) is 9.97 Å². The molecule has 0 atom stereocenters. The Kier molecular flexibility index (Phi) is 16.3. The molecule has 0 fully saturated rings. The molecule has 61 heavy (non-hydrogen) atoms. The molecule has 8 nitrogen and oxygen atoms in total. The third kappa shape index (κ3) is 10.4. The molecule has 3 aliphatic rings. The van der Waals surface area contributed by atoms with E-state index in [1.807, 2.05) is 0 Å². The summed E-state index contributed by atoms with van der Waals surface area (Å²) < 4.78 is 1.19. The number of nitrogens with zero attached hydrogens (tertiary/aromatic N) is 2. The summed E-state index contributed by atoms with van der Waals surface area (Å²) in [6.45, 7) is 23.3. The fraction of sp³-hybridized carbons (Fsp3) is 0.462. The molecular formula is C52H69BrN8. The monoisotopic (exact) mass is 884 g/mol. The van der Waals surface area contributed by atoms with Gasteiger partial charge in [0.2, 0.25) is 0 Å². The number of fused-ring (bicyclic) bond motifs is 12. The third-order valence-corrected chi connectivity index (χ3v) is 14.1. The molecule has 0 amide bonds. The molecule has 324 valence electrons. The fourth-order valence-corrected chi connectivity index (χ4v) is 10.8. The van der Waals surface area contributed by atoms with Gasteiger partial charge in [0.05, 0.1) is 22.8 Å². The number of hydrogen-bond acceptors (Lipinski definition) is 8. The second-order valence-electron chi connectivity index (χ2n) is 16.6. The van der Waals surface area contributed by atoms with E-state index >= 15 is 0 Å². The first-order valence-electron chi connectivity index (χ1n) is 23.2. The van der Waals surface area contributed by atoms with E-state index in [4.69, 9.17) is 9.97 Å². The van der Waals surface area contributed by atoms with E-state index in [1.165, 1.54) is 82.4 Å². The quantitative estimate of drug-likeness (QED) is 0.101. The molecule has 0 spiro atoms. The van der Waals surface area contributed by atoms with Crippen molar-refractivity contribution in [1.29, 1.82) is 0 Å². The van der Waals surface area contributed by atoms with E-state index in [-0.39, 0.29) is 0 Å². The van der Waals surface area contributed by atoms with E-state index in [9.17, 15) is 0 Å². The predicted molar refractivity (Wildman–Crippen MR) is 255 cm³/mol. The normalized spacial score (nSPS) is 15.7. The lowest BCUT2D eigenvalue weighted by Gasteiger charge is -2.27. The van der Waals surface area contributed by atoms with Crippen molar-refractivity contribution in [3.8, 4) is 0 Å². The molecule has 12 bridgehead atoms. The van der Waals surface area contributed by atoms with Crippen LogP contribution in [0, 0.1) is 0 Å². The minimum atomic E-state index is 0.717. The van der Waals surface area contributed by atoms with Crippen molar-refractivity contribution in [2.75, 3.05) is 0 Å². The molecule has 5 heterocycles. The summed E-state index contributed by atoms with van der Waals surface area (Å²) in [5, 5.41) is 23.4. The summed E-state index contributed by atoms with van der Waals surface area (Å²) in [7, 11) is 0. The van der Waals surface area contributed by atoms with Gasteiger partial charge in [0, 0.05) is 83.0 Å². The van der Waals surface area contributed by atoms with Crippen LogP contribution in [-0.2, 0) is 117 Å². The lowest BCUT2D eigenvalue weighted by molar-refractivity contribution is 0.621. The van der Waals surface area contributed by atoms with Gasteiger partial charge in [-0.05, 0) is 141 Å². The number of benzene rings is 3. The Bertz CT molecular complexity index is 2020. The summed E-state index contributed by atoms with van der Waals surface area (Å²) in [4.78, 5) is 10.4. The van der Waals surface area contributed by atoms with Gasteiger partial charge in [-0.2, -0.15) is 0 Å². The second kappa shape index (κ2) is 22.0. The number of pyridine rings is 2. The predicted octanol–water partition coefficient (Wildman–Crippen LogP) is 8.98. The maximum absolute atomic E-state index is 5.18. The van der Waals surface area contributed by atoms with Gasteiger partial charge >= 0.3 is 0 Å². The average molecular weight is 886 g/mol. The first-order valence-corrected chi connectivity index (χ1v) is 24.0. The summed E-state index contributed by atoms with van der Waals surface area (Å²) in [5.41, 5.74) is 24.5. The van der Waals surface area contributed by atoms with Crippen molar-refractivity contribution in [1.82, 2.24) is 41.9 Å².